The molecule has 0 aliphatic carbocycles. The van der Waals surface area contributed by atoms with Gasteiger partial charge in [0, 0.05) is 27.0 Å². The maximum absolute atomic E-state index is 12.4. The summed E-state index contributed by atoms with van der Waals surface area (Å²) in [6.07, 6.45) is -1.12. The van der Waals surface area contributed by atoms with Gasteiger partial charge < -0.3 is 10.1 Å². The highest BCUT2D eigenvalue weighted by Gasteiger charge is 2.29. The molecule has 1 N–H and O–H groups in total. The van der Waals surface area contributed by atoms with E-state index in [-0.39, 0.29) is 6.42 Å². The molecule has 0 aromatic heterocycles. The van der Waals surface area contributed by atoms with Gasteiger partial charge in [-0.25, -0.2) is 4.99 Å². The monoisotopic (exact) mass is 420 g/mol. The van der Waals surface area contributed by atoms with E-state index < -0.39 is 18.1 Å². The van der Waals surface area contributed by atoms with Crippen LogP contribution in [0.25, 0.3) is 0 Å². The molecule has 0 unspecified atom stereocenters. The molecule has 5 nitrogen and oxygen atoms in total. The van der Waals surface area contributed by atoms with Crippen LogP contribution in [0.2, 0.25) is 5.02 Å². The number of carbonyl (C=O) groups is 2. The molecule has 1 aliphatic rings. The van der Waals surface area contributed by atoms with Gasteiger partial charge in [0.25, 0.3) is 12.1 Å². The Labute approximate surface area is 158 Å². The molecule has 3 rings (SSSR count). The predicted molar refractivity (Wildman–Crippen MR) is 100 cm³/mol. The summed E-state index contributed by atoms with van der Waals surface area (Å²) in [7, 11) is 0. The van der Waals surface area contributed by atoms with Gasteiger partial charge in [-0.3, -0.25) is 9.59 Å². The first-order chi connectivity index (χ1) is 12.0. The molecule has 7 heteroatoms. The van der Waals surface area contributed by atoms with E-state index in [9.17, 15) is 9.59 Å². The Morgan fingerprint density at radius 3 is 2.76 bits per heavy atom. The van der Waals surface area contributed by atoms with Crippen molar-refractivity contribution in [1.82, 2.24) is 0 Å². The minimum absolute atomic E-state index is 0.152. The molecule has 0 fully saturated rings. The van der Waals surface area contributed by atoms with Gasteiger partial charge in [0.15, 0.2) is 0 Å². The number of benzene rings is 2. The minimum Gasteiger partial charge on any atom is -0.430 e. The van der Waals surface area contributed by atoms with Crippen LogP contribution in [-0.4, -0.2) is 23.8 Å². The Balaban J connectivity index is 2.19. The van der Waals surface area contributed by atoms with Crippen LogP contribution < -0.4 is 5.32 Å². The molecule has 2 aromatic carbocycles. The summed E-state index contributed by atoms with van der Waals surface area (Å²) in [6, 6.07) is 12.6. The molecule has 0 saturated carbocycles. The normalized spacial score (nSPS) is 16.4. The first kappa shape index (κ1) is 17.6. The third-order valence-corrected chi connectivity index (χ3v) is 4.45. The number of fused-ring (bicyclic) bond motifs is 1. The number of esters is 1. The molecule has 0 radical (unpaired) electrons. The van der Waals surface area contributed by atoms with Crippen molar-refractivity contribution in [2.45, 2.75) is 19.6 Å². The molecule has 0 saturated heterocycles. The van der Waals surface area contributed by atoms with Crippen molar-refractivity contribution in [3.8, 4) is 0 Å². The first-order valence-corrected chi connectivity index (χ1v) is 8.79. The van der Waals surface area contributed by atoms with Gasteiger partial charge in [-0.05, 0) is 24.3 Å². The number of rotatable bonds is 3. The van der Waals surface area contributed by atoms with E-state index in [1.54, 1.807) is 25.1 Å². The third-order valence-electron chi connectivity index (χ3n) is 3.63. The fraction of sp³-hybridized carbons (Fsp3) is 0.167. The van der Waals surface area contributed by atoms with E-state index >= 15 is 0 Å². The molecule has 1 aliphatic heterocycles. The van der Waals surface area contributed by atoms with Crippen LogP contribution in [0.1, 0.15) is 24.5 Å². The van der Waals surface area contributed by atoms with Crippen molar-refractivity contribution in [1.29, 1.82) is 0 Å². The minimum atomic E-state index is -1.27. The quantitative estimate of drug-likeness (QED) is 0.756. The van der Waals surface area contributed by atoms with E-state index in [2.05, 4.69) is 26.2 Å². The number of ether oxygens (including phenoxy) is 1. The summed E-state index contributed by atoms with van der Waals surface area (Å²) in [5.41, 5.74) is 2.39. The molecular formula is C18H14BrClN2O3. The maximum Gasteiger partial charge on any atom is 0.307 e. The lowest BCUT2D eigenvalue weighted by Gasteiger charge is -2.12. The zero-order valence-corrected chi connectivity index (χ0v) is 15.6. The number of carbonyl (C=O) groups excluding carboxylic acids is 2. The number of halogens is 2. The number of nitrogens with zero attached hydrogens (tertiary/aromatic N) is 1. The highest BCUT2D eigenvalue weighted by molar-refractivity contribution is 9.10. The number of amides is 1. The number of nitrogens with one attached hydrogen (secondary N) is 1. The summed E-state index contributed by atoms with van der Waals surface area (Å²) in [6.45, 7) is 1.65. The lowest BCUT2D eigenvalue weighted by Crippen LogP contribution is -2.30. The van der Waals surface area contributed by atoms with E-state index in [1.807, 2.05) is 24.3 Å². The van der Waals surface area contributed by atoms with Gasteiger partial charge in [0.1, 0.15) is 0 Å². The van der Waals surface area contributed by atoms with Crippen LogP contribution in [-0.2, 0) is 14.3 Å². The van der Waals surface area contributed by atoms with Crippen LogP contribution >= 0.6 is 27.5 Å². The number of anilines is 1. The first-order valence-electron chi connectivity index (χ1n) is 7.62. The van der Waals surface area contributed by atoms with Crippen LogP contribution in [0.5, 0.6) is 0 Å². The Morgan fingerprint density at radius 2 is 2.04 bits per heavy atom. The molecule has 0 spiro atoms. The molecule has 0 bridgehead atoms. The fourth-order valence-electron chi connectivity index (χ4n) is 2.42. The Morgan fingerprint density at radius 1 is 1.28 bits per heavy atom. The average molecular weight is 422 g/mol. The van der Waals surface area contributed by atoms with Gasteiger partial charge in [-0.1, -0.05) is 52.7 Å². The Kier molecular flexibility index (Phi) is 5.20. The van der Waals surface area contributed by atoms with E-state index in [4.69, 9.17) is 16.3 Å². The van der Waals surface area contributed by atoms with E-state index in [1.165, 1.54) is 0 Å². The average Bonchev–Trinajstić information content (AvgIpc) is 2.72. The number of benzodiazepines with no additional fused rings is 1. The second kappa shape index (κ2) is 7.37. The second-order valence-electron chi connectivity index (χ2n) is 5.33. The fourth-order valence-corrected chi connectivity index (χ4v) is 3.00. The predicted octanol–water partition coefficient (Wildman–Crippen LogP) is 4.17. The number of aliphatic imine (C=N–C) groups is 1. The van der Waals surface area contributed by atoms with Crippen molar-refractivity contribution in [3.63, 3.8) is 0 Å². The van der Waals surface area contributed by atoms with Crippen molar-refractivity contribution in [2.75, 3.05) is 5.32 Å². The zero-order valence-electron chi connectivity index (χ0n) is 13.3. The van der Waals surface area contributed by atoms with Crippen LogP contribution in [0.4, 0.5) is 5.69 Å². The summed E-state index contributed by atoms with van der Waals surface area (Å²) in [4.78, 5) is 28.5. The Bertz CT molecular complexity index is 882. The topological polar surface area (TPSA) is 67.8 Å². The van der Waals surface area contributed by atoms with Gasteiger partial charge in [-0.2, -0.15) is 0 Å². The number of hydrogen-bond donors (Lipinski definition) is 1. The smallest absolute Gasteiger partial charge is 0.307 e. The third kappa shape index (κ3) is 3.75. The molecule has 2 aromatic rings. The van der Waals surface area contributed by atoms with Gasteiger partial charge in [0.2, 0.25) is 0 Å². The lowest BCUT2D eigenvalue weighted by molar-refractivity contribution is -0.153. The van der Waals surface area contributed by atoms with Crippen LogP contribution in [0, 0.1) is 0 Å². The van der Waals surface area contributed by atoms with Gasteiger partial charge in [-0.15, -0.1) is 0 Å². The van der Waals surface area contributed by atoms with E-state index in [0.717, 1.165) is 4.47 Å². The van der Waals surface area contributed by atoms with Crippen molar-refractivity contribution in [2.24, 2.45) is 4.99 Å². The highest BCUT2D eigenvalue weighted by atomic mass is 79.9. The lowest BCUT2D eigenvalue weighted by atomic mass is 10.0. The van der Waals surface area contributed by atoms with Crippen molar-refractivity contribution >= 4 is 50.8 Å². The molecule has 25 heavy (non-hydrogen) atoms. The summed E-state index contributed by atoms with van der Waals surface area (Å²) >= 11 is 9.76. The van der Waals surface area contributed by atoms with Crippen LogP contribution in [0.15, 0.2) is 51.9 Å². The van der Waals surface area contributed by atoms with Gasteiger partial charge in [0.05, 0.1) is 11.4 Å². The van der Waals surface area contributed by atoms with Crippen LogP contribution in [0.3, 0.4) is 0 Å². The largest absolute Gasteiger partial charge is 0.430 e. The molecule has 1 amide bonds. The molecule has 1 atom stereocenters. The highest BCUT2D eigenvalue weighted by Crippen LogP contribution is 2.30. The standard InChI is InChI=1S/C18H14BrClN2O3/c1-2-15(23)25-18-17(24)21-14-8-7-10(19)9-12(14)16(22-18)11-5-3-4-6-13(11)20/h3-9,18H,2H2,1H3,(H,21,24)/t18-/m1/s1. The summed E-state index contributed by atoms with van der Waals surface area (Å²) in [5.74, 6) is -1.01. The Hall–Kier alpha value is -2.18. The van der Waals surface area contributed by atoms with E-state index in [0.29, 0.717) is 27.5 Å². The summed E-state index contributed by atoms with van der Waals surface area (Å²) in [5, 5.41) is 3.24. The van der Waals surface area contributed by atoms with Gasteiger partial charge >= 0.3 is 5.97 Å². The SMILES string of the molecule is CCC(=O)O[C@H]1N=C(c2ccccc2Cl)c2cc(Br)ccc2NC1=O. The molecule has 128 valence electrons. The zero-order chi connectivity index (χ0) is 18.0. The second-order valence-corrected chi connectivity index (χ2v) is 6.66. The van der Waals surface area contributed by atoms with Crippen molar-refractivity contribution < 1.29 is 14.3 Å². The molecule has 1 heterocycles. The number of hydrogen-bond acceptors (Lipinski definition) is 4. The van der Waals surface area contributed by atoms with Crippen molar-refractivity contribution in [3.05, 3.63) is 63.1 Å². The summed E-state index contributed by atoms with van der Waals surface area (Å²) < 4.78 is 6.02. The maximum atomic E-state index is 12.4. The molecular weight excluding hydrogens is 408 g/mol.